The van der Waals surface area contributed by atoms with Crippen LogP contribution in [0.2, 0.25) is 5.02 Å². The van der Waals surface area contributed by atoms with Gasteiger partial charge in [-0.3, -0.25) is 4.79 Å². The third kappa shape index (κ3) is 4.12. The lowest BCUT2D eigenvalue weighted by Crippen LogP contribution is -2.28. The predicted molar refractivity (Wildman–Crippen MR) is 81.5 cm³/mol. The Morgan fingerprint density at radius 3 is 2.75 bits per heavy atom. The Morgan fingerprint density at radius 2 is 2.20 bits per heavy atom. The van der Waals surface area contributed by atoms with Gasteiger partial charge < -0.3 is 15.0 Å². The van der Waals surface area contributed by atoms with Crippen molar-refractivity contribution in [3.63, 3.8) is 0 Å². The summed E-state index contributed by atoms with van der Waals surface area (Å²) in [6.45, 7) is 1.41. The number of nitrogens with zero attached hydrogens (tertiary/aromatic N) is 1. The lowest BCUT2D eigenvalue weighted by atomic mass is 9.85. The average Bonchev–Trinajstić information content (AvgIpc) is 2.29. The van der Waals surface area contributed by atoms with Crippen LogP contribution in [0.25, 0.3) is 0 Å². The Kier molecular flexibility index (Phi) is 5.26. The van der Waals surface area contributed by atoms with Gasteiger partial charge in [0.2, 0.25) is 5.91 Å². The first-order valence-corrected chi connectivity index (χ1v) is 7.32. The minimum atomic E-state index is 0.0913. The molecule has 0 heterocycles. The molecule has 0 aromatic heterocycles. The van der Waals surface area contributed by atoms with E-state index in [-0.39, 0.29) is 11.8 Å². The van der Waals surface area contributed by atoms with Crippen molar-refractivity contribution in [2.75, 3.05) is 32.6 Å². The molecular formula is C15H21ClN2O2. The lowest BCUT2D eigenvalue weighted by molar-refractivity contribution is -0.122. The standard InChI is InChI=1S/C15H21ClN2O2/c1-18(2)8-9-20-14-7-6-12(10-13(14)16)17-15(19)11-4-3-5-11/h6-7,10-11H,3-5,8-9H2,1-2H3,(H,17,19). The van der Waals surface area contributed by atoms with E-state index in [2.05, 4.69) is 5.32 Å². The van der Waals surface area contributed by atoms with Gasteiger partial charge in [-0.05, 0) is 45.1 Å². The highest BCUT2D eigenvalue weighted by Crippen LogP contribution is 2.30. The Hall–Kier alpha value is -1.26. The van der Waals surface area contributed by atoms with Gasteiger partial charge in [0.15, 0.2) is 0 Å². The number of ether oxygens (including phenoxy) is 1. The number of hydrogen-bond acceptors (Lipinski definition) is 3. The van der Waals surface area contributed by atoms with E-state index in [1.807, 2.05) is 25.1 Å². The molecule has 0 saturated heterocycles. The number of hydrogen-bond donors (Lipinski definition) is 1. The molecule has 2 rings (SSSR count). The van der Waals surface area contributed by atoms with Crippen molar-refractivity contribution in [1.29, 1.82) is 0 Å². The van der Waals surface area contributed by atoms with Crippen molar-refractivity contribution < 1.29 is 9.53 Å². The minimum Gasteiger partial charge on any atom is -0.491 e. The third-order valence-electron chi connectivity index (χ3n) is 3.47. The predicted octanol–water partition coefficient (Wildman–Crippen LogP) is 3.02. The first kappa shape index (κ1) is 15.1. The highest BCUT2D eigenvalue weighted by molar-refractivity contribution is 6.32. The monoisotopic (exact) mass is 296 g/mol. The van der Waals surface area contributed by atoms with Crippen molar-refractivity contribution in [2.24, 2.45) is 5.92 Å². The maximum atomic E-state index is 11.8. The molecule has 1 amide bonds. The smallest absolute Gasteiger partial charge is 0.227 e. The topological polar surface area (TPSA) is 41.6 Å². The van der Waals surface area contributed by atoms with E-state index >= 15 is 0 Å². The largest absolute Gasteiger partial charge is 0.491 e. The second-order valence-electron chi connectivity index (χ2n) is 5.41. The van der Waals surface area contributed by atoms with Gasteiger partial charge in [0.25, 0.3) is 0 Å². The molecule has 1 aliphatic carbocycles. The summed E-state index contributed by atoms with van der Waals surface area (Å²) < 4.78 is 5.60. The molecular weight excluding hydrogens is 276 g/mol. The quantitative estimate of drug-likeness (QED) is 0.877. The molecule has 0 aliphatic heterocycles. The third-order valence-corrected chi connectivity index (χ3v) is 3.77. The molecule has 1 aromatic rings. The fourth-order valence-electron chi connectivity index (χ4n) is 1.95. The van der Waals surface area contributed by atoms with Crippen LogP contribution in [0.5, 0.6) is 5.75 Å². The van der Waals surface area contributed by atoms with Crippen LogP contribution in [-0.2, 0) is 4.79 Å². The molecule has 1 saturated carbocycles. The summed E-state index contributed by atoms with van der Waals surface area (Å²) in [4.78, 5) is 13.9. The summed E-state index contributed by atoms with van der Waals surface area (Å²) >= 11 is 6.17. The van der Waals surface area contributed by atoms with Gasteiger partial charge in [0, 0.05) is 18.2 Å². The SMILES string of the molecule is CN(C)CCOc1ccc(NC(=O)C2CCC2)cc1Cl. The van der Waals surface area contributed by atoms with Crippen LogP contribution in [0, 0.1) is 5.92 Å². The van der Waals surface area contributed by atoms with Gasteiger partial charge in [-0.1, -0.05) is 18.0 Å². The Bertz CT molecular complexity index is 473. The van der Waals surface area contributed by atoms with Crippen LogP contribution in [0.15, 0.2) is 18.2 Å². The van der Waals surface area contributed by atoms with E-state index in [0.29, 0.717) is 17.4 Å². The van der Waals surface area contributed by atoms with Crippen molar-refractivity contribution in [3.8, 4) is 5.75 Å². The van der Waals surface area contributed by atoms with Crippen molar-refractivity contribution in [2.45, 2.75) is 19.3 Å². The molecule has 0 unspecified atom stereocenters. The highest BCUT2D eigenvalue weighted by atomic mass is 35.5. The molecule has 0 atom stereocenters. The zero-order valence-corrected chi connectivity index (χ0v) is 12.7. The molecule has 0 radical (unpaired) electrons. The number of nitrogens with one attached hydrogen (secondary N) is 1. The van der Waals surface area contributed by atoms with Gasteiger partial charge in [0.05, 0.1) is 5.02 Å². The number of halogens is 1. The lowest BCUT2D eigenvalue weighted by Gasteiger charge is -2.24. The second-order valence-corrected chi connectivity index (χ2v) is 5.82. The maximum Gasteiger partial charge on any atom is 0.227 e. The number of amides is 1. The second kappa shape index (κ2) is 6.95. The Morgan fingerprint density at radius 1 is 1.45 bits per heavy atom. The van der Waals surface area contributed by atoms with E-state index in [1.165, 1.54) is 0 Å². The van der Waals surface area contributed by atoms with E-state index in [9.17, 15) is 4.79 Å². The number of rotatable bonds is 6. The highest BCUT2D eigenvalue weighted by Gasteiger charge is 2.25. The first-order valence-electron chi connectivity index (χ1n) is 6.94. The van der Waals surface area contributed by atoms with E-state index in [4.69, 9.17) is 16.3 Å². The number of carbonyl (C=O) groups is 1. The van der Waals surface area contributed by atoms with Crippen LogP contribution in [0.1, 0.15) is 19.3 Å². The summed E-state index contributed by atoms with van der Waals surface area (Å²) in [5.41, 5.74) is 0.729. The van der Waals surface area contributed by atoms with Crippen LogP contribution in [0.4, 0.5) is 5.69 Å². The Labute approximate surface area is 125 Å². The van der Waals surface area contributed by atoms with E-state index in [0.717, 1.165) is 31.5 Å². The zero-order valence-electron chi connectivity index (χ0n) is 12.0. The summed E-state index contributed by atoms with van der Waals surface area (Å²) in [6, 6.07) is 5.37. The van der Waals surface area contributed by atoms with Gasteiger partial charge >= 0.3 is 0 Å². The first-order chi connectivity index (χ1) is 9.56. The summed E-state index contributed by atoms with van der Waals surface area (Å²) in [5, 5.41) is 3.42. The van der Waals surface area contributed by atoms with Crippen molar-refractivity contribution in [1.82, 2.24) is 4.90 Å². The molecule has 0 bridgehead atoms. The van der Waals surface area contributed by atoms with Gasteiger partial charge in [-0.15, -0.1) is 0 Å². The maximum absolute atomic E-state index is 11.8. The molecule has 0 spiro atoms. The van der Waals surface area contributed by atoms with Gasteiger partial charge in [0.1, 0.15) is 12.4 Å². The van der Waals surface area contributed by atoms with Gasteiger partial charge in [-0.2, -0.15) is 0 Å². The molecule has 4 nitrogen and oxygen atoms in total. The molecule has 110 valence electrons. The minimum absolute atomic E-state index is 0.0913. The molecule has 20 heavy (non-hydrogen) atoms. The summed E-state index contributed by atoms with van der Waals surface area (Å²) in [7, 11) is 3.98. The van der Waals surface area contributed by atoms with Crippen LogP contribution >= 0.6 is 11.6 Å². The van der Waals surface area contributed by atoms with Crippen LogP contribution in [0.3, 0.4) is 0 Å². The number of anilines is 1. The molecule has 1 N–H and O–H groups in total. The molecule has 5 heteroatoms. The average molecular weight is 297 g/mol. The van der Waals surface area contributed by atoms with Crippen LogP contribution in [-0.4, -0.2) is 38.1 Å². The van der Waals surface area contributed by atoms with Crippen molar-refractivity contribution >= 4 is 23.2 Å². The fraction of sp³-hybridized carbons (Fsp3) is 0.533. The van der Waals surface area contributed by atoms with E-state index < -0.39 is 0 Å². The summed E-state index contributed by atoms with van der Waals surface area (Å²) in [5.74, 6) is 0.911. The van der Waals surface area contributed by atoms with Crippen molar-refractivity contribution in [3.05, 3.63) is 23.2 Å². The number of likely N-dealkylation sites (N-methyl/N-ethyl adjacent to an activating group) is 1. The normalized spacial score (nSPS) is 15.0. The van der Waals surface area contributed by atoms with Crippen LogP contribution < -0.4 is 10.1 Å². The molecule has 1 fully saturated rings. The summed E-state index contributed by atoms with van der Waals surface area (Å²) in [6.07, 6.45) is 3.13. The molecule has 1 aromatic carbocycles. The van der Waals surface area contributed by atoms with E-state index in [1.54, 1.807) is 12.1 Å². The van der Waals surface area contributed by atoms with Gasteiger partial charge in [-0.25, -0.2) is 0 Å². The fourth-order valence-corrected chi connectivity index (χ4v) is 2.18. The zero-order chi connectivity index (χ0) is 14.5. The number of carbonyl (C=O) groups excluding carboxylic acids is 1. The Balaban J connectivity index is 1.89. The number of benzene rings is 1. The molecule has 1 aliphatic rings.